The number of nitrogens with two attached hydrogens (primary N) is 1. The molecule has 19 heavy (non-hydrogen) atoms. The lowest BCUT2D eigenvalue weighted by molar-refractivity contribution is -0.148. The first kappa shape index (κ1) is 13.7. The second-order valence-corrected chi connectivity index (χ2v) is 4.73. The Kier molecular flexibility index (Phi) is 3.66. The molecular weight excluding hydrogens is 246 g/mol. The molecule has 5 nitrogen and oxygen atoms in total. The summed E-state index contributed by atoms with van der Waals surface area (Å²) in [5, 5.41) is 0. The van der Waals surface area contributed by atoms with Crippen molar-refractivity contribution < 1.29 is 19.0 Å². The maximum absolute atomic E-state index is 11.9. The van der Waals surface area contributed by atoms with E-state index in [0.29, 0.717) is 11.5 Å². The van der Waals surface area contributed by atoms with E-state index in [1.165, 1.54) is 7.11 Å². The largest absolute Gasteiger partial charge is 0.497 e. The third-order valence-corrected chi connectivity index (χ3v) is 3.75. The molecule has 104 valence electrons. The minimum absolute atomic E-state index is 0.259. The molecule has 2 rings (SSSR count). The van der Waals surface area contributed by atoms with Crippen molar-refractivity contribution in [2.45, 2.75) is 18.9 Å². The van der Waals surface area contributed by atoms with Gasteiger partial charge in [-0.3, -0.25) is 4.79 Å². The predicted molar refractivity (Wildman–Crippen MR) is 70.2 cm³/mol. The number of ether oxygens (including phenoxy) is 3. The molecule has 0 spiro atoms. The van der Waals surface area contributed by atoms with Crippen LogP contribution in [0.1, 0.15) is 24.4 Å². The molecule has 1 saturated carbocycles. The zero-order valence-corrected chi connectivity index (χ0v) is 11.4. The first-order valence-corrected chi connectivity index (χ1v) is 6.15. The van der Waals surface area contributed by atoms with Crippen molar-refractivity contribution in [3.05, 3.63) is 23.8 Å². The molecule has 1 unspecified atom stereocenters. The molecule has 1 aromatic carbocycles. The maximum atomic E-state index is 11.9. The molecule has 0 aromatic heterocycles. The number of carbonyl (C=O) groups excluding carboxylic acids is 1. The van der Waals surface area contributed by atoms with Crippen LogP contribution >= 0.6 is 0 Å². The van der Waals surface area contributed by atoms with Crippen LogP contribution in [-0.4, -0.2) is 27.3 Å². The summed E-state index contributed by atoms with van der Waals surface area (Å²) in [7, 11) is 4.55. The van der Waals surface area contributed by atoms with Gasteiger partial charge in [-0.05, 0) is 31.0 Å². The Bertz CT molecular complexity index is 482. The molecule has 1 aliphatic carbocycles. The number of rotatable bonds is 5. The van der Waals surface area contributed by atoms with Gasteiger partial charge in [0, 0.05) is 11.6 Å². The van der Waals surface area contributed by atoms with E-state index in [4.69, 9.17) is 19.9 Å². The Morgan fingerprint density at radius 1 is 1.26 bits per heavy atom. The number of hydrogen-bond acceptors (Lipinski definition) is 5. The van der Waals surface area contributed by atoms with Gasteiger partial charge < -0.3 is 19.9 Å². The van der Waals surface area contributed by atoms with Crippen LogP contribution < -0.4 is 15.2 Å². The van der Waals surface area contributed by atoms with E-state index in [1.807, 2.05) is 6.07 Å². The Balaban J connectivity index is 2.37. The number of methoxy groups -OCH3 is 3. The number of carbonyl (C=O) groups is 1. The van der Waals surface area contributed by atoms with Crippen molar-refractivity contribution in [3.8, 4) is 11.5 Å². The lowest BCUT2D eigenvalue weighted by atomic mass is 9.90. The van der Waals surface area contributed by atoms with Gasteiger partial charge in [-0.15, -0.1) is 0 Å². The second kappa shape index (κ2) is 5.09. The van der Waals surface area contributed by atoms with Crippen LogP contribution in [0.2, 0.25) is 0 Å². The molecule has 1 aliphatic rings. The van der Waals surface area contributed by atoms with Crippen LogP contribution in [0.15, 0.2) is 18.2 Å². The normalized spacial score (nSPS) is 17.5. The second-order valence-electron chi connectivity index (χ2n) is 4.73. The first-order valence-electron chi connectivity index (χ1n) is 6.15. The van der Waals surface area contributed by atoms with Crippen molar-refractivity contribution >= 4 is 5.97 Å². The highest BCUT2D eigenvalue weighted by Crippen LogP contribution is 2.56. The lowest BCUT2D eigenvalue weighted by Crippen LogP contribution is -2.31. The SMILES string of the molecule is COC(=O)C1(C(N)c2cc(OC)ccc2OC)CC1. The lowest BCUT2D eigenvalue weighted by Gasteiger charge is -2.23. The van der Waals surface area contributed by atoms with E-state index >= 15 is 0 Å². The van der Waals surface area contributed by atoms with Crippen LogP contribution in [0.5, 0.6) is 11.5 Å². The monoisotopic (exact) mass is 265 g/mol. The molecule has 2 N–H and O–H groups in total. The number of hydrogen-bond donors (Lipinski definition) is 1. The van der Waals surface area contributed by atoms with Crippen LogP contribution in [0.4, 0.5) is 0 Å². The van der Waals surface area contributed by atoms with E-state index in [0.717, 1.165) is 18.4 Å². The zero-order chi connectivity index (χ0) is 14.0. The summed E-state index contributed by atoms with van der Waals surface area (Å²) >= 11 is 0. The third-order valence-electron chi connectivity index (χ3n) is 3.75. The fourth-order valence-corrected chi connectivity index (χ4v) is 2.36. The summed E-state index contributed by atoms with van der Waals surface area (Å²) in [6.07, 6.45) is 1.47. The molecule has 1 fully saturated rings. The van der Waals surface area contributed by atoms with E-state index in [2.05, 4.69) is 0 Å². The van der Waals surface area contributed by atoms with Crippen molar-refractivity contribution in [1.29, 1.82) is 0 Å². The van der Waals surface area contributed by atoms with E-state index in [1.54, 1.807) is 26.4 Å². The van der Waals surface area contributed by atoms with E-state index in [9.17, 15) is 4.79 Å². The van der Waals surface area contributed by atoms with E-state index in [-0.39, 0.29) is 5.97 Å². The van der Waals surface area contributed by atoms with Gasteiger partial charge in [0.2, 0.25) is 0 Å². The van der Waals surface area contributed by atoms with Crippen LogP contribution in [0.25, 0.3) is 0 Å². The number of benzene rings is 1. The highest BCUT2D eigenvalue weighted by atomic mass is 16.5. The Labute approximate surface area is 112 Å². The molecule has 1 aromatic rings. The minimum atomic E-state index is -0.617. The summed E-state index contributed by atoms with van der Waals surface area (Å²) in [6.45, 7) is 0. The van der Waals surface area contributed by atoms with Crippen LogP contribution in [0, 0.1) is 5.41 Å². The van der Waals surface area contributed by atoms with Gasteiger partial charge in [0.05, 0.1) is 26.7 Å². The van der Waals surface area contributed by atoms with Gasteiger partial charge in [-0.25, -0.2) is 0 Å². The fraction of sp³-hybridized carbons (Fsp3) is 0.500. The Morgan fingerprint density at radius 2 is 1.95 bits per heavy atom. The van der Waals surface area contributed by atoms with Gasteiger partial charge in [0.25, 0.3) is 0 Å². The molecule has 1 atom stereocenters. The molecule has 0 bridgehead atoms. The number of esters is 1. The molecule has 5 heteroatoms. The predicted octanol–water partition coefficient (Wildman–Crippen LogP) is 1.66. The topological polar surface area (TPSA) is 70.8 Å². The first-order chi connectivity index (χ1) is 9.08. The molecular formula is C14H19NO4. The highest BCUT2D eigenvalue weighted by molar-refractivity contribution is 5.81. The molecule has 0 aliphatic heterocycles. The van der Waals surface area contributed by atoms with Crippen molar-refractivity contribution in [2.75, 3.05) is 21.3 Å². The van der Waals surface area contributed by atoms with Gasteiger partial charge in [0.1, 0.15) is 11.5 Å². The smallest absolute Gasteiger partial charge is 0.313 e. The van der Waals surface area contributed by atoms with Gasteiger partial charge in [-0.2, -0.15) is 0 Å². The Morgan fingerprint density at radius 3 is 2.42 bits per heavy atom. The average Bonchev–Trinajstić information content (AvgIpc) is 3.26. The highest BCUT2D eigenvalue weighted by Gasteiger charge is 2.56. The summed E-state index contributed by atoms with van der Waals surface area (Å²) in [5.74, 6) is 1.08. The van der Waals surface area contributed by atoms with Gasteiger partial charge in [0.15, 0.2) is 0 Å². The van der Waals surface area contributed by atoms with Crippen LogP contribution in [-0.2, 0) is 9.53 Å². The minimum Gasteiger partial charge on any atom is -0.497 e. The van der Waals surface area contributed by atoms with Gasteiger partial charge in [-0.1, -0.05) is 0 Å². The van der Waals surface area contributed by atoms with Crippen molar-refractivity contribution in [2.24, 2.45) is 11.1 Å². The standard InChI is InChI=1S/C14H19NO4/c1-17-9-4-5-11(18-2)10(8-9)12(15)14(6-7-14)13(16)19-3/h4-5,8,12H,6-7,15H2,1-3H3. The zero-order valence-electron chi connectivity index (χ0n) is 11.4. The summed E-state index contributed by atoms with van der Waals surface area (Å²) in [4.78, 5) is 11.9. The molecule has 0 radical (unpaired) electrons. The summed E-state index contributed by atoms with van der Waals surface area (Å²) in [6, 6.07) is 4.95. The summed E-state index contributed by atoms with van der Waals surface area (Å²) in [5.41, 5.74) is 6.43. The van der Waals surface area contributed by atoms with Gasteiger partial charge >= 0.3 is 5.97 Å². The van der Waals surface area contributed by atoms with Crippen molar-refractivity contribution in [1.82, 2.24) is 0 Å². The molecule has 0 saturated heterocycles. The third kappa shape index (κ3) is 2.26. The summed E-state index contributed by atoms with van der Waals surface area (Å²) < 4.78 is 15.4. The molecule has 0 heterocycles. The Hall–Kier alpha value is -1.75. The molecule has 0 amide bonds. The van der Waals surface area contributed by atoms with E-state index < -0.39 is 11.5 Å². The fourth-order valence-electron chi connectivity index (χ4n) is 2.36. The van der Waals surface area contributed by atoms with Crippen molar-refractivity contribution in [3.63, 3.8) is 0 Å². The maximum Gasteiger partial charge on any atom is 0.313 e. The average molecular weight is 265 g/mol. The van der Waals surface area contributed by atoms with Crippen LogP contribution in [0.3, 0.4) is 0 Å². The quantitative estimate of drug-likeness (QED) is 0.820.